The van der Waals surface area contributed by atoms with E-state index in [1.165, 1.54) is 35.2 Å². The molecule has 2 rings (SSSR count). The van der Waals surface area contributed by atoms with Crippen LogP contribution in [-0.2, 0) is 9.84 Å². The second-order valence-corrected chi connectivity index (χ2v) is 8.00. The normalized spacial score (nSPS) is 11.8. The maximum absolute atomic E-state index is 12.4. The van der Waals surface area contributed by atoms with Gasteiger partial charge in [-0.25, -0.2) is 8.42 Å². The van der Waals surface area contributed by atoms with Crippen LogP contribution in [0.3, 0.4) is 0 Å². The first-order valence-corrected chi connectivity index (χ1v) is 8.98. The summed E-state index contributed by atoms with van der Waals surface area (Å²) >= 11 is 2.64. The Bertz CT molecular complexity index is 702. The van der Waals surface area contributed by atoms with Crippen molar-refractivity contribution in [3.63, 3.8) is 0 Å². The van der Waals surface area contributed by atoms with Gasteiger partial charge < -0.3 is 5.32 Å². The molecule has 0 atom stereocenters. The number of halogens is 2. The molecule has 0 radical (unpaired) electrons. The maximum Gasteiger partial charge on any atom is 0.341 e. The summed E-state index contributed by atoms with van der Waals surface area (Å²) in [7, 11) is -4.55. The second-order valence-electron chi connectivity index (χ2n) is 3.78. The van der Waals surface area contributed by atoms with E-state index in [0.717, 1.165) is 18.7 Å². The lowest BCUT2D eigenvalue weighted by Gasteiger charge is -2.03. The predicted molar refractivity (Wildman–Crippen MR) is 77.8 cm³/mol. The Morgan fingerprint density at radius 1 is 1.29 bits per heavy atom. The van der Waals surface area contributed by atoms with Gasteiger partial charge in [-0.1, -0.05) is 23.1 Å². The third-order valence-corrected chi connectivity index (χ3v) is 5.66. The van der Waals surface area contributed by atoms with Gasteiger partial charge in [0.05, 0.1) is 4.90 Å². The highest BCUT2D eigenvalue weighted by molar-refractivity contribution is 8.01. The van der Waals surface area contributed by atoms with Crippen molar-refractivity contribution >= 4 is 38.1 Å². The summed E-state index contributed by atoms with van der Waals surface area (Å²) in [5.41, 5.74) is 0. The Labute approximate surface area is 128 Å². The molecule has 1 heterocycles. The smallest absolute Gasteiger partial charge is 0.341 e. The van der Waals surface area contributed by atoms with Gasteiger partial charge in [0.25, 0.3) is 0 Å². The molecule has 10 heteroatoms. The first kappa shape index (κ1) is 16.1. The minimum absolute atomic E-state index is 0.396. The summed E-state index contributed by atoms with van der Waals surface area (Å²) in [6.45, 7) is 2.68. The lowest BCUT2D eigenvalue weighted by molar-refractivity contribution is 0.234. The molecule has 114 valence electrons. The Morgan fingerprint density at radius 2 is 1.95 bits per heavy atom. The Balaban J connectivity index is 2.12. The molecule has 5 nitrogen and oxygen atoms in total. The number of hydrogen-bond acceptors (Lipinski definition) is 7. The number of benzene rings is 1. The van der Waals surface area contributed by atoms with Crippen LogP contribution >= 0.6 is 23.1 Å². The quantitative estimate of drug-likeness (QED) is 0.862. The summed E-state index contributed by atoms with van der Waals surface area (Å²) < 4.78 is 48.1. The number of nitrogens with zero attached hydrogens (tertiary/aromatic N) is 2. The summed E-state index contributed by atoms with van der Waals surface area (Å²) in [5.74, 6) is -3.41. The first-order valence-electron chi connectivity index (χ1n) is 5.81. The highest BCUT2D eigenvalue weighted by atomic mass is 32.2. The molecule has 0 aliphatic heterocycles. The van der Waals surface area contributed by atoms with Crippen molar-refractivity contribution < 1.29 is 17.2 Å². The fourth-order valence-electron chi connectivity index (χ4n) is 1.37. The van der Waals surface area contributed by atoms with Gasteiger partial charge in [-0.15, -0.1) is 10.2 Å². The first-order chi connectivity index (χ1) is 9.93. The highest BCUT2D eigenvalue weighted by Gasteiger charge is 2.26. The largest absolute Gasteiger partial charge is 0.360 e. The molecule has 0 aliphatic rings. The summed E-state index contributed by atoms with van der Waals surface area (Å²) in [5, 5.41) is 11.6. The predicted octanol–water partition coefficient (Wildman–Crippen LogP) is 3.12. The van der Waals surface area contributed by atoms with E-state index >= 15 is 0 Å². The maximum atomic E-state index is 12.4. The van der Waals surface area contributed by atoms with E-state index in [4.69, 9.17) is 0 Å². The number of nitrogens with one attached hydrogen (secondary N) is 1. The molecule has 0 unspecified atom stereocenters. The second kappa shape index (κ2) is 6.67. The standard InChI is InChI=1S/C11H11F2N3O2S3/c1-2-14-10-15-16-11(20-10)19-7-3-5-8(6-4-7)21(17,18)9(12)13/h3-6,9H,2H2,1H3,(H,14,15). The Morgan fingerprint density at radius 3 is 2.52 bits per heavy atom. The van der Waals surface area contributed by atoms with Crippen LogP contribution in [0.5, 0.6) is 0 Å². The van der Waals surface area contributed by atoms with Crippen LogP contribution in [0.1, 0.15) is 6.92 Å². The SMILES string of the molecule is CCNc1nnc(Sc2ccc(S(=O)(=O)C(F)F)cc2)s1. The molecule has 0 aliphatic carbocycles. The lowest BCUT2D eigenvalue weighted by Crippen LogP contribution is -2.10. The van der Waals surface area contributed by atoms with Crippen molar-refractivity contribution in [1.82, 2.24) is 10.2 Å². The van der Waals surface area contributed by atoms with Gasteiger partial charge in [0.2, 0.25) is 15.0 Å². The van der Waals surface area contributed by atoms with Crippen LogP contribution in [-0.4, -0.2) is 30.9 Å². The number of rotatable bonds is 6. The van der Waals surface area contributed by atoms with Gasteiger partial charge in [-0.05, 0) is 31.2 Å². The van der Waals surface area contributed by atoms with Crippen molar-refractivity contribution in [2.45, 2.75) is 26.8 Å². The van der Waals surface area contributed by atoms with Crippen LogP contribution in [0.25, 0.3) is 0 Å². The fraction of sp³-hybridized carbons (Fsp3) is 0.273. The molecule has 0 spiro atoms. The molecule has 1 aromatic carbocycles. The van der Waals surface area contributed by atoms with Crippen molar-refractivity contribution in [1.29, 1.82) is 0 Å². The van der Waals surface area contributed by atoms with Gasteiger partial charge in [-0.2, -0.15) is 8.78 Å². The van der Waals surface area contributed by atoms with Crippen LogP contribution in [0.4, 0.5) is 13.9 Å². The van der Waals surface area contributed by atoms with Crippen LogP contribution in [0.15, 0.2) is 38.4 Å². The van der Waals surface area contributed by atoms with Gasteiger partial charge in [0.15, 0.2) is 4.34 Å². The number of hydrogen-bond donors (Lipinski definition) is 1. The minimum atomic E-state index is -4.55. The van der Waals surface area contributed by atoms with Crippen molar-refractivity contribution in [2.24, 2.45) is 0 Å². The zero-order valence-corrected chi connectivity index (χ0v) is 13.2. The molecule has 2 aromatic rings. The van der Waals surface area contributed by atoms with E-state index in [1.54, 1.807) is 0 Å². The van der Waals surface area contributed by atoms with Gasteiger partial charge in [0.1, 0.15) is 0 Å². The molecule has 0 saturated heterocycles. The van der Waals surface area contributed by atoms with Crippen molar-refractivity contribution in [2.75, 3.05) is 11.9 Å². The van der Waals surface area contributed by atoms with E-state index in [0.29, 0.717) is 14.4 Å². The fourth-order valence-corrected chi connectivity index (χ4v) is 3.89. The van der Waals surface area contributed by atoms with Crippen molar-refractivity contribution in [3.8, 4) is 0 Å². The van der Waals surface area contributed by atoms with Crippen molar-refractivity contribution in [3.05, 3.63) is 24.3 Å². The monoisotopic (exact) mass is 351 g/mol. The van der Waals surface area contributed by atoms with Gasteiger partial charge >= 0.3 is 5.76 Å². The lowest BCUT2D eigenvalue weighted by atomic mass is 10.4. The number of alkyl halides is 2. The molecular weight excluding hydrogens is 340 g/mol. The third-order valence-electron chi connectivity index (χ3n) is 2.33. The Kier molecular flexibility index (Phi) is 5.12. The van der Waals surface area contributed by atoms with E-state index < -0.39 is 20.5 Å². The number of sulfone groups is 1. The van der Waals surface area contributed by atoms with E-state index in [2.05, 4.69) is 15.5 Å². The topological polar surface area (TPSA) is 72.0 Å². The number of anilines is 1. The molecule has 0 fully saturated rings. The number of aromatic nitrogens is 2. The van der Waals surface area contributed by atoms with Crippen LogP contribution in [0, 0.1) is 0 Å². The molecule has 1 aromatic heterocycles. The molecule has 1 N–H and O–H groups in total. The molecule has 21 heavy (non-hydrogen) atoms. The summed E-state index contributed by atoms with van der Waals surface area (Å²) in [6, 6.07) is 5.26. The zero-order valence-electron chi connectivity index (χ0n) is 10.8. The van der Waals surface area contributed by atoms with Gasteiger partial charge in [-0.3, -0.25) is 0 Å². The summed E-state index contributed by atoms with van der Waals surface area (Å²) in [4.78, 5) is 0.301. The molecular formula is C11H11F2N3O2S3. The minimum Gasteiger partial charge on any atom is -0.360 e. The average molecular weight is 351 g/mol. The van der Waals surface area contributed by atoms with Crippen LogP contribution < -0.4 is 5.32 Å². The third kappa shape index (κ3) is 3.89. The van der Waals surface area contributed by atoms with E-state index in [1.807, 2.05) is 6.92 Å². The molecule has 0 saturated carbocycles. The van der Waals surface area contributed by atoms with E-state index in [-0.39, 0.29) is 0 Å². The molecule has 0 bridgehead atoms. The summed E-state index contributed by atoms with van der Waals surface area (Å²) in [6.07, 6.45) is 0. The molecule has 0 amide bonds. The van der Waals surface area contributed by atoms with Gasteiger partial charge in [0, 0.05) is 11.4 Å². The zero-order chi connectivity index (χ0) is 15.5. The average Bonchev–Trinajstić information content (AvgIpc) is 2.87. The Hall–Kier alpha value is -1.26. The van der Waals surface area contributed by atoms with E-state index in [9.17, 15) is 17.2 Å². The highest BCUT2D eigenvalue weighted by Crippen LogP contribution is 2.32. The van der Waals surface area contributed by atoms with Crippen LogP contribution in [0.2, 0.25) is 0 Å².